The molecule has 10 nitrogen and oxygen atoms in total. The zero-order valence-corrected chi connectivity index (χ0v) is 22.6. The standard InChI is InChI=1S/C28H27FN2O8S/c1-17(32)39-20-9-12-31(15-20)11-3-4-18-14-19(29)5-8-25(18)40(34,35)30-23-7-6-22-21-10-13-37-24(21)16-38-27(22)26(23)28(33)36-2/h3-8,10,13-14,20,30H,9,11-12,15-16H2,1-2H3/b4-3-/t20-/m0/s1. The fraction of sp³-hybridized carbons (Fsp3) is 0.286. The molecule has 1 N–H and O–H groups in total. The van der Waals surface area contributed by atoms with Gasteiger partial charge in [-0.2, -0.15) is 0 Å². The minimum Gasteiger partial charge on any atom is -0.484 e. The molecule has 2 aromatic carbocycles. The van der Waals surface area contributed by atoms with Gasteiger partial charge in [0.2, 0.25) is 0 Å². The van der Waals surface area contributed by atoms with E-state index in [0.29, 0.717) is 37.4 Å². The number of hydrogen-bond donors (Lipinski definition) is 1. The van der Waals surface area contributed by atoms with Crippen LogP contribution in [0.3, 0.4) is 0 Å². The molecule has 0 spiro atoms. The molecule has 0 bridgehead atoms. The van der Waals surface area contributed by atoms with Crippen LogP contribution in [-0.4, -0.2) is 58.1 Å². The van der Waals surface area contributed by atoms with E-state index in [1.165, 1.54) is 32.4 Å². The van der Waals surface area contributed by atoms with Crippen LogP contribution in [0.2, 0.25) is 0 Å². The van der Waals surface area contributed by atoms with Gasteiger partial charge in [0.1, 0.15) is 35.6 Å². The fourth-order valence-corrected chi connectivity index (χ4v) is 6.14. The average Bonchev–Trinajstić information content (AvgIpc) is 3.57. The van der Waals surface area contributed by atoms with Gasteiger partial charge in [0.15, 0.2) is 0 Å². The van der Waals surface area contributed by atoms with Gasteiger partial charge in [-0.05, 0) is 48.4 Å². The van der Waals surface area contributed by atoms with Gasteiger partial charge in [-0.3, -0.25) is 14.4 Å². The van der Waals surface area contributed by atoms with Crippen molar-refractivity contribution in [1.82, 2.24) is 4.90 Å². The van der Waals surface area contributed by atoms with Gasteiger partial charge in [-0.1, -0.05) is 12.2 Å². The van der Waals surface area contributed by atoms with Crippen LogP contribution in [0.15, 0.2) is 58.1 Å². The molecule has 0 aliphatic carbocycles. The van der Waals surface area contributed by atoms with E-state index in [0.717, 1.165) is 23.8 Å². The first-order valence-electron chi connectivity index (χ1n) is 12.5. The number of nitrogens with one attached hydrogen (secondary N) is 1. The molecule has 1 saturated heterocycles. The number of carbonyl (C=O) groups is 2. The van der Waals surface area contributed by atoms with Crippen molar-refractivity contribution in [2.45, 2.75) is 31.0 Å². The van der Waals surface area contributed by atoms with Crippen LogP contribution in [0.5, 0.6) is 5.75 Å². The summed E-state index contributed by atoms with van der Waals surface area (Å²) in [6.45, 7) is 3.13. The lowest BCUT2D eigenvalue weighted by Gasteiger charge is -2.22. The number of ether oxygens (including phenoxy) is 3. The minimum absolute atomic E-state index is 0.0506. The molecule has 3 aromatic rings. The maximum Gasteiger partial charge on any atom is 0.343 e. The molecule has 0 unspecified atom stereocenters. The lowest BCUT2D eigenvalue weighted by atomic mass is 9.98. The summed E-state index contributed by atoms with van der Waals surface area (Å²) < 4.78 is 65.1. The molecule has 210 valence electrons. The van der Waals surface area contributed by atoms with Crippen molar-refractivity contribution in [3.8, 4) is 16.9 Å². The molecule has 1 fully saturated rings. The number of halogens is 1. The van der Waals surface area contributed by atoms with E-state index < -0.39 is 21.8 Å². The molecule has 2 aliphatic rings. The van der Waals surface area contributed by atoms with Gasteiger partial charge in [-0.15, -0.1) is 0 Å². The third-order valence-corrected chi connectivity index (χ3v) is 8.10. The molecule has 1 atom stereocenters. The molecule has 0 saturated carbocycles. The van der Waals surface area contributed by atoms with Crippen molar-refractivity contribution in [3.05, 3.63) is 71.4 Å². The number of anilines is 1. The quantitative estimate of drug-likeness (QED) is 0.397. The largest absolute Gasteiger partial charge is 0.484 e. The van der Waals surface area contributed by atoms with Gasteiger partial charge in [0.05, 0.1) is 24.0 Å². The second kappa shape index (κ2) is 11.1. The Kier molecular flexibility index (Phi) is 7.63. The first-order valence-corrected chi connectivity index (χ1v) is 14.0. The summed E-state index contributed by atoms with van der Waals surface area (Å²) in [6, 6.07) is 8.13. The average molecular weight is 571 g/mol. The van der Waals surface area contributed by atoms with E-state index in [2.05, 4.69) is 4.72 Å². The SMILES string of the molecule is COC(=O)c1c(NS(=O)(=O)c2ccc(F)cc2/C=C\CN2CC[C@H](OC(C)=O)C2)ccc2c1OCc1occc1-2. The van der Waals surface area contributed by atoms with Crippen LogP contribution in [0, 0.1) is 5.82 Å². The second-order valence-electron chi connectivity index (χ2n) is 9.37. The molecule has 40 heavy (non-hydrogen) atoms. The molecule has 0 amide bonds. The van der Waals surface area contributed by atoms with E-state index in [1.807, 2.05) is 4.90 Å². The summed E-state index contributed by atoms with van der Waals surface area (Å²) in [5.74, 6) is -0.994. The number of sulfonamides is 1. The number of likely N-dealkylation sites (tertiary alicyclic amines) is 1. The summed E-state index contributed by atoms with van der Waals surface area (Å²) in [5, 5.41) is 0. The Hall–Kier alpha value is -4.16. The Morgan fingerprint density at radius 2 is 2.02 bits per heavy atom. The molecular weight excluding hydrogens is 543 g/mol. The van der Waals surface area contributed by atoms with Crippen molar-refractivity contribution < 1.29 is 41.0 Å². The third kappa shape index (κ3) is 5.58. The lowest BCUT2D eigenvalue weighted by molar-refractivity contribution is -0.145. The molecule has 3 heterocycles. The first kappa shape index (κ1) is 27.4. The van der Waals surface area contributed by atoms with Crippen molar-refractivity contribution in [3.63, 3.8) is 0 Å². The summed E-state index contributed by atoms with van der Waals surface area (Å²) in [5.41, 5.74) is 1.27. The predicted octanol–water partition coefficient (Wildman–Crippen LogP) is 4.22. The summed E-state index contributed by atoms with van der Waals surface area (Å²) in [6.07, 6.45) is 5.26. The van der Waals surface area contributed by atoms with Crippen LogP contribution >= 0.6 is 0 Å². The third-order valence-electron chi connectivity index (χ3n) is 6.66. The highest BCUT2D eigenvalue weighted by atomic mass is 32.2. The smallest absolute Gasteiger partial charge is 0.343 e. The summed E-state index contributed by atoms with van der Waals surface area (Å²) in [7, 11) is -3.11. The van der Waals surface area contributed by atoms with Gasteiger partial charge in [0, 0.05) is 37.7 Å². The normalized spacial score (nSPS) is 16.7. The minimum atomic E-state index is -4.29. The van der Waals surface area contributed by atoms with Crippen molar-refractivity contribution >= 4 is 33.7 Å². The van der Waals surface area contributed by atoms with Gasteiger partial charge < -0.3 is 18.6 Å². The molecule has 5 rings (SSSR count). The molecule has 2 aliphatic heterocycles. The van der Waals surface area contributed by atoms with Gasteiger partial charge in [0.25, 0.3) is 10.0 Å². The van der Waals surface area contributed by atoms with Crippen LogP contribution < -0.4 is 9.46 Å². The van der Waals surface area contributed by atoms with Crippen molar-refractivity contribution in [2.24, 2.45) is 0 Å². The Morgan fingerprint density at radius 1 is 1.20 bits per heavy atom. The predicted molar refractivity (Wildman–Crippen MR) is 143 cm³/mol. The highest BCUT2D eigenvalue weighted by molar-refractivity contribution is 7.92. The number of rotatable bonds is 8. The maximum atomic E-state index is 14.2. The first-order chi connectivity index (χ1) is 19.2. The Bertz CT molecular complexity index is 1600. The maximum absolute atomic E-state index is 14.2. The van der Waals surface area contributed by atoms with E-state index in [9.17, 15) is 22.4 Å². The van der Waals surface area contributed by atoms with E-state index in [4.69, 9.17) is 18.6 Å². The van der Waals surface area contributed by atoms with E-state index in [-0.39, 0.29) is 46.1 Å². The van der Waals surface area contributed by atoms with Gasteiger partial charge in [-0.25, -0.2) is 17.6 Å². The Balaban J connectivity index is 1.42. The van der Waals surface area contributed by atoms with Crippen molar-refractivity contribution in [2.75, 3.05) is 31.5 Å². The zero-order chi connectivity index (χ0) is 28.4. The number of methoxy groups -OCH3 is 1. The zero-order valence-electron chi connectivity index (χ0n) is 21.8. The number of fused-ring (bicyclic) bond motifs is 3. The number of benzene rings is 2. The number of nitrogens with zero attached hydrogens (tertiary/aromatic N) is 1. The lowest BCUT2D eigenvalue weighted by Crippen LogP contribution is -2.24. The van der Waals surface area contributed by atoms with Crippen molar-refractivity contribution in [1.29, 1.82) is 0 Å². The highest BCUT2D eigenvalue weighted by Crippen LogP contribution is 2.43. The Morgan fingerprint density at radius 3 is 2.80 bits per heavy atom. The highest BCUT2D eigenvalue weighted by Gasteiger charge is 2.30. The van der Waals surface area contributed by atoms with Crippen LogP contribution in [0.4, 0.5) is 10.1 Å². The molecular formula is C28H27FN2O8S. The van der Waals surface area contributed by atoms with Crippen LogP contribution in [-0.2, 0) is 30.9 Å². The summed E-state index contributed by atoms with van der Waals surface area (Å²) >= 11 is 0. The Labute approximate surface area is 230 Å². The molecule has 0 radical (unpaired) electrons. The van der Waals surface area contributed by atoms with E-state index >= 15 is 0 Å². The number of hydrogen-bond acceptors (Lipinski definition) is 9. The number of carbonyl (C=O) groups excluding carboxylic acids is 2. The monoisotopic (exact) mass is 570 g/mol. The fourth-order valence-electron chi connectivity index (χ4n) is 4.88. The number of esters is 2. The molecule has 12 heteroatoms. The summed E-state index contributed by atoms with van der Waals surface area (Å²) in [4.78, 5) is 25.8. The molecule has 1 aromatic heterocycles. The van der Waals surface area contributed by atoms with Crippen LogP contribution in [0.25, 0.3) is 17.2 Å². The number of furan rings is 1. The second-order valence-corrected chi connectivity index (χ2v) is 11.0. The van der Waals surface area contributed by atoms with E-state index in [1.54, 1.807) is 18.2 Å². The van der Waals surface area contributed by atoms with Crippen LogP contribution in [0.1, 0.15) is 35.0 Å². The van der Waals surface area contributed by atoms with Gasteiger partial charge >= 0.3 is 11.9 Å². The topological polar surface area (TPSA) is 124 Å².